The lowest BCUT2D eigenvalue weighted by molar-refractivity contribution is -0.384. The monoisotopic (exact) mass is 341 g/mol. The number of nitrogens with zero attached hydrogens (tertiary/aromatic N) is 3. The van der Waals surface area contributed by atoms with Gasteiger partial charge in [0.15, 0.2) is 0 Å². The average Bonchev–Trinajstić information content (AvgIpc) is 2.61. The highest BCUT2D eigenvalue weighted by molar-refractivity contribution is 5.53. The Morgan fingerprint density at radius 3 is 2.24 bits per heavy atom. The summed E-state index contributed by atoms with van der Waals surface area (Å²) in [4.78, 5) is 10.2. The molecule has 2 rings (SSSR count). The lowest BCUT2D eigenvalue weighted by Gasteiger charge is -2.18. The van der Waals surface area contributed by atoms with Crippen LogP contribution in [-0.4, -0.2) is 11.0 Å². The molecule has 0 atom stereocenters. The highest BCUT2D eigenvalue weighted by Gasteiger charge is 2.10. The fraction of sp³-hybridized carbons (Fsp3) is 0.368. The Bertz CT molecular complexity index is 766. The van der Waals surface area contributed by atoms with Gasteiger partial charge in [-0.05, 0) is 62.1 Å². The van der Waals surface area contributed by atoms with Crippen LogP contribution >= 0.6 is 0 Å². The van der Waals surface area contributed by atoms with Crippen LogP contribution in [0.4, 0.5) is 17.1 Å². The van der Waals surface area contributed by atoms with Gasteiger partial charge in [0.05, 0.1) is 22.4 Å². The quantitative estimate of drug-likeness (QED) is 0.342. The average molecular weight is 341 g/mol. The maximum atomic E-state index is 10.7. The van der Waals surface area contributed by atoms with Crippen LogP contribution in [0.1, 0.15) is 37.8 Å². The van der Waals surface area contributed by atoms with Crippen LogP contribution < -0.4 is 4.74 Å². The number of non-ortho nitro benzene ring substituents is 1. The second kappa shape index (κ2) is 8.37. The molecule has 0 spiro atoms. The Kier molecular flexibility index (Phi) is 6.22. The van der Waals surface area contributed by atoms with Gasteiger partial charge < -0.3 is 4.74 Å². The van der Waals surface area contributed by atoms with E-state index in [0.29, 0.717) is 5.69 Å². The van der Waals surface area contributed by atoms with Crippen LogP contribution in [0.2, 0.25) is 0 Å². The van der Waals surface area contributed by atoms with Crippen molar-refractivity contribution in [3.8, 4) is 5.75 Å². The van der Waals surface area contributed by atoms with Gasteiger partial charge in [0, 0.05) is 12.1 Å². The predicted molar refractivity (Wildman–Crippen MR) is 98.2 cm³/mol. The fourth-order valence-electron chi connectivity index (χ4n) is 2.40. The first-order valence-electron chi connectivity index (χ1n) is 8.38. The minimum absolute atomic E-state index is 0.0360. The molecule has 0 saturated carbocycles. The van der Waals surface area contributed by atoms with E-state index in [9.17, 15) is 10.1 Å². The molecule has 2 aromatic rings. The standard InChI is InChI=1S/C19H23N3O3/c1-5-17(6-2)25-19-12-13(3)18(11-14(19)4)21-20-15-7-9-16(10-8-15)22(23)24/h7-12,17H,5-6H2,1-4H3. The zero-order valence-electron chi connectivity index (χ0n) is 15.0. The van der Waals surface area contributed by atoms with Crippen molar-refractivity contribution < 1.29 is 9.66 Å². The van der Waals surface area contributed by atoms with Gasteiger partial charge in [-0.2, -0.15) is 10.2 Å². The number of hydrogen-bond acceptors (Lipinski definition) is 5. The molecule has 0 fully saturated rings. The van der Waals surface area contributed by atoms with E-state index in [1.807, 2.05) is 26.0 Å². The molecule has 0 amide bonds. The molecule has 0 aliphatic heterocycles. The molecule has 25 heavy (non-hydrogen) atoms. The Morgan fingerprint density at radius 2 is 1.68 bits per heavy atom. The molecule has 0 N–H and O–H groups in total. The first-order chi connectivity index (χ1) is 11.9. The summed E-state index contributed by atoms with van der Waals surface area (Å²) >= 11 is 0. The summed E-state index contributed by atoms with van der Waals surface area (Å²) in [5, 5.41) is 19.1. The molecule has 6 nitrogen and oxygen atoms in total. The summed E-state index contributed by atoms with van der Waals surface area (Å²) in [7, 11) is 0. The molecule has 2 aromatic carbocycles. The lowest BCUT2D eigenvalue weighted by atomic mass is 10.1. The number of rotatable bonds is 7. The van der Waals surface area contributed by atoms with Crippen LogP contribution in [0.15, 0.2) is 46.6 Å². The highest BCUT2D eigenvalue weighted by Crippen LogP contribution is 2.31. The van der Waals surface area contributed by atoms with Crippen molar-refractivity contribution >= 4 is 17.1 Å². The van der Waals surface area contributed by atoms with Crippen molar-refractivity contribution in [1.82, 2.24) is 0 Å². The first-order valence-corrected chi connectivity index (χ1v) is 8.38. The van der Waals surface area contributed by atoms with Crippen molar-refractivity contribution in [3.63, 3.8) is 0 Å². The van der Waals surface area contributed by atoms with E-state index in [4.69, 9.17) is 4.74 Å². The molecule has 0 aromatic heterocycles. The Hall–Kier alpha value is -2.76. The van der Waals surface area contributed by atoms with Crippen molar-refractivity contribution in [2.75, 3.05) is 0 Å². The largest absolute Gasteiger partial charge is 0.490 e. The summed E-state index contributed by atoms with van der Waals surface area (Å²) in [6, 6.07) is 9.92. The maximum absolute atomic E-state index is 10.7. The van der Waals surface area contributed by atoms with E-state index < -0.39 is 4.92 Å². The molecule has 132 valence electrons. The molecule has 0 aliphatic rings. The van der Waals surface area contributed by atoms with Crippen molar-refractivity contribution in [2.45, 2.75) is 46.6 Å². The maximum Gasteiger partial charge on any atom is 0.269 e. The molecule has 6 heteroatoms. The van der Waals surface area contributed by atoms with Gasteiger partial charge in [0.1, 0.15) is 5.75 Å². The van der Waals surface area contributed by atoms with E-state index in [2.05, 4.69) is 24.1 Å². The highest BCUT2D eigenvalue weighted by atomic mass is 16.6. The minimum Gasteiger partial charge on any atom is -0.490 e. The molecule has 0 saturated heterocycles. The zero-order chi connectivity index (χ0) is 18.4. The summed E-state index contributed by atoms with van der Waals surface area (Å²) in [5.41, 5.74) is 3.34. The van der Waals surface area contributed by atoms with Gasteiger partial charge >= 0.3 is 0 Å². The van der Waals surface area contributed by atoms with Gasteiger partial charge in [0.25, 0.3) is 5.69 Å². The van der Waals surface area contributed by atoms with Crippen LogP contribution in [0.5, 0.6) is 5.75 Å². The number of aryl methyl sites for hydroxylation is 2. The predicted octanol–water partition coefficient (Wildman–Crippen LogP) is 6.19. The first kappa shape index (κ1) is 18.6. The van der Waals surface area contributed by atoms with Crippen molar-refractivity contribution in [3.05, 3.63) is 57.6 Å². The molecule has 0 bridgehead atoms. The minimum atomic E-state index is -0.437. The molecular formula is C19H23N3O3. The Balaban J connectivity index is 2.19. The molecule has 0 unspecified atom stereocenters. The third-order valence-electron chi connectivity index (χ3n) is 4.03. The third-order valence-corrected chi connectivity index (χ3v) is 4.03. The summed E-state index contributed by atoms with van der Waals surface area (Å²) in [6.07, 6.45) is 2.15. The summed E-state index contributed by atoms with van der Waals surface area (Å²) in [6.45, 7) is 8.18. The third kappa shape index (κ3) is 4.86. The molecule has 0 radical (unpaired) electrons. The SMILES string of the molecule is CCC(CC)Oc1cc(C)c(N=Nc2ccc([N+](=O)[O-])cc2)cc1C. The van der Waals surface area contributed by atoms with Crippen molar-refractivity contribution in [2.24, 2.45) is 10.2 Å². The molecular weight excluding hydrogens is 318 g/mol. The number of ether oxygens (including phenoxy) is 1. The number of nitro benzene ring substituents is 1. The van der Waals surface area contributed by atoms with Crippen molar-refractivity contribution in [1.29, 1.82) is 0 Å². The number of benzene rings is 2. The van der Waals surface area contributed by atoms with E-state index in [1.54, 1.807) is 12.1 Å². The smallest absolute Gasteiger partial charge is 0.269 e. The van der Waals surface area contributed by atoms with Gasteiger partial charge in [-0.25, -0.2) is 0 Å². The number of nitro groups is 1. The van der Waals surface area contributed by atoms with E-state index in [1.165, 1.54) is 12.1 Å². The van der Waals surface area contributed by atoms with E-state index in [0.717, 1.165) is 35.4 Å². The second-order valence-corrected chi connectivity index (χ2v) is 5.93. The Morgan fingerprint density at radius 1 is 1.04 bits per heavy atom. The van der Waals surface area contributed by atoms with Crippen LogP contribution in [0.3, 0.4) is 0 Å². The second-order valence-electron chi connectivity index (χ2n) is 5.93. The zero-order valence-corrected chi connectivity index (χ0v) is 15.0. The van der Waals surface area contributed by atoms with Gasteiger partial charge in [-0.3, -0.25) is 10.1 Å². The number of hydrogen-bond donors (Lipinski definition) is 0. The summed E-state index contributed by atoms with van der Waals surface area (Å²) < 4.78 is 6.04. The van der Waals surface area contributed by atoms with Gasteiger partial charge in [0.2, 0.25) is 0 Å². The van der Waals surface area contributed by atoms with Crippen LogP contribution in [0, 0.1) is 24.0 Å². The lowest BCUT2D eigenvalue weighted by Crippen LogP contribution is -2.14. The topological polar surface area (TPSA) is 77.1 Å². The fourth-order valence-corrected chi connectivity index (χ4v) is 2.40. The van der Waals surface area contributed by atoms with Crippen LogP contribution in [0.25, 0.3) is 0 Å². The van der Waals surface area contributed by atoms with Crippen LogP contribution in [-0.2, 0) is 0 Å². The molecule has 0 heterocycles. The molecule has 0 aliphatic carbocycles. The summed E-state index contributed by atoms with van der Waals surface area (Å²) in [5.74, 6) is 0.875. The van der Waals surface area contributed by atoms with E-state index >= 15 is 0 Å². The van der Waals surface area contributed by atoms with E-state index in [-0.39, 0.29) is 11.8 Å². The Labute approximate surface area is 147 Å². The normalized spacial score (nSPS) is 11.2. The number of azo groups is 1. The van der Waals surface area contributed by atoms with Gasteiger partial charge in [-0.1, -0.05) is 13.8 Å². The van der Waals surface area contributed by atoms with Gasteiger partial charge in [-0.15, -0.1) is 0 Å².